The van der Waals surface area contributed by atoms with Gasteiger partial charge in [-0.25, -0.2) is 0 Å². The van der Waals surface area contributed by atoms with Gasteiger partial charge in [0.1, 0.15) is 0 Å². The Morgan fingerprint density at radius 1 is 1.00 bits per heavy atom. The highest BCUT2D eigenvalue weighted by atomic mass is 16.2. The molecule has 0 saturated heterocycles. The number of benzene rings is 2. The van der Waals surface area contributed by atoms with Crippen LogP contribution in [0.4, 0.5) is 5.69 Å². The van der Waals surface area contributed by atoms with Crippen molar-refractivity contribution in [2.45, 2.75) is 27.2 Å². The number of carbonyl (C=O) groups excluding carboxylic acids is 2. The minimum atomic E-state index is -0.581. The maximum absolute atomic E-state index is 12.5. The van der Waals surface area contributed by atoms with E-state index in [4.69, 9.17) is 0 Å². The number of nitrogens with one attached hydrogen (secondary N) is 1. The zero-order valence-electron chi connectivity index (χ0n) is 13.6. The number of rotatable bonds is 3. The summed E-state index contributed by atoms with van der Waals surface area (Å²) in [4.78, 5) is 24.9. The molecule has 2 aromatic rings. The van der Waals surface area contributed by atoms with E-state index < -0.39 is 11.7 Å². The van der Waals surface area contributed by atoms with Crippen molar-refractivity contribution in [2.75, 3.05) is 5.32 Å². The summed E-state index contributed by atoms with van der Waals surface area (Å²) in [5, 5.41) is 2.78. The van der Waals surface area contributed by atoms with Gasteiger partial charge in [0.25, 0.3) is 11.7 Å². The summed E-state index contributed by atoms with van der Waals surface area (Å²) in [6.07, 6.45) is 2.54. The van der Waals surface area contributed by atoms with Crippen LogP contribution in [-0.4, -0.2) is 11.7 Å². The van der Waals surface area contributed by atoms with Crippen LogP contribution in [0.15, 0.2) is 42.5 Å². The Morgan fingerprint density at radius 3 is 2.35 bits per heavy atom. The fourth-order valence-electron chi connectivity index (χ4n) is 3.17. The lowest BCUT2D eigenvalue weighted by Gasteiger charge is -2.13. The fraction of sp³-hybridized carbons (Fsp3) is 0.200. The second-order valence-electron chi connectivity index (χ2n) is 6.04. The van der Waals surface area contributed by atoms with Gasteiger partial charge in [0.15, 0.2) is 0 Å². The first kappa shape index (κ1) is 15.2. The topological polar surface area (TPSA) is 46.2 Å². The SMILES string of the molecule is Cc1cc(C)c(NC(=O)C(=O)C2=CCc3ccccc32)c(C)c1. The lowest BCUT2D eigenvalue weighted by Crippen LogP contribution is -2.24. The van der Waals surface area contributed by atoms with Gasteiger partial charge in [-0.15, -0.1) is 0 Å². The van der Waals surface area contributed by atoms with E-state index in [2.05, 4.69) is 5.32 Å². The summed E-state index contributed by atoms with van der Waals surface area (Å²) in [6, 6.07) is 11.7. The number of amides is 1. The van der Waals surface area contributed by atoms with E-state index in [1.807, 2.05) is 63.2 Å². The van der Waals surface area contributed by atoms with Crippen molar-refractivity contribution >= 4 is 23.0 Å². The Bertz CT molecular complexity index is 823. The lowest BCUT2D eigenvalue weighted by molar-refractivity contribution is -0.131. The average molecular weight is 305 g/mol. The summed E-state index contributed by atoms with van der Waals surface area (Å²) < 4.78 is 0. The fourth-order valence-corrected chi connectivity index (χ4v) is 3.17. The molecule has 116 valence electrons. The van der Waals surface area contributed by atoms with E-state index >= 15 is 0 Å². The predicted octanol–water partition coefficient (Wildman–Crippen LogP) is 3.76. The maximum atomic E-state index is 12.5. The van der Waals surface area contributed by atoms with E-state index in [0.717, 1.165) is 33.5 Å². The van der Waals surface area contributed by atoms with E-state index in [-0.39, 0.29) is 0 Å². The second kappa shape index (κ2) is 5.84. The first-order valence-electron chi connectivity index (χ1n) is 7.69. The molecule has 2 aromatic carbocycles. The maximum Gasteiger partial charge on any atom is 0.296 e. The molecule has 0 fully saturated rings. The van der Waals surface area contributed by atoms with Crippen molar-refractivity contribution in [1.82, 2.24) is 0 Å². The van der Waals surface area contributed by atoms with Crippen LogP contribution in [-0.2, 0) is 16.0 Å². The Morgan fingerprint density at radius 2 is 1.65 bits per heavy atom. The minimum Gasteiger partial charge on any atom is -0.319 e. The monoisotopic (exact) mass is 305 g/mol. The molecule has 0 bridgehead atoms. The van der Waals surface area contributed by atoms with E-state index in [9.17, 15) is 9.59 Å². The molecule has 1 N–H and O–H groups in total. The highest BCUT2D eigenvalue weighted by Crippen LogP contribution is 2.28. The van der Waals surface area contributed by atoms with Crippen LogP contribution < -0.4 is 5.32 Å². The highest BCUT2D eigenvalue weighted by Gasteiger charge is 2.25. The zero-order valence-corrected chi connectivity index (χ0v) is 13.6. The molecule has 1 aliphatic carbocycles. The summed E-state index contributed by atoms with van der Waals surface area (Å²) in [7, 11) is 0. The van der Waals surface area contributed by atoms with Gasteiger partial charge < -0.3 is 5.32 Å². The number of hydrogen-bond donors (Lipinski definition) is 1. The number of allylic oxidation sites excluding steroid dienone is 1. The largest absolute Gasteiger partial charge is 0.319 e. The average Bonchev–Trinajstić information content (AvgIpc) is 2.93. The molecule has 3 rings (SSSR count). The van der Waals surface area contributed by atoms with Gasteiger partial charge in [-0.1, -0.05) is 48.0 Å². The molecule has 0 spiro atoms. The van der Waals surface area contributed by atoms with Crippen LogP contribution in [0.1, 0.15) is 27.8 Å². The normalized spacial score (nSPS) is 12.6. The standard InChI is InChI=1S/C20H19NO2/c1-12-10-13(2)18(14(3)11-12)21-20(23)19(22)17-9-8-15-6-4-5-7-16(15)17/h4-7,9-11H,8H2,1-3H3,(H,21,23). The Labute approximate surface area is 136 Å². The molecule has 3 nitrogen and oxygen atoms in total. The molecule has 1 aliphatic rings. The van der Waals surface area contributed by atoms with Gasteiger partial charge in [0.2, 0.25) is 0 Å². The zero-order chi connectivity index (χ0) is 16.6. The van der Waals surface area contributed by atoms with Crippen molar-refractivity contribution in [2.24, 2.45) is 0 Å². The van der Waals surface area contributed by atoms with Crippen molar-refractivity contribution in [3.8, 4) is 0 Å². The molecule has 1 amide bonds. The Kier molecular flexibility index (Phi) is 3.87. The highest BCUT2D eigenvalue weighted by molar-refractivity contribution is 6.56. The van der Waals surface area contributed by atoms with Crippen molar-refractivity contribution in [3.05, 3.63) is 70.3 Å². The molecule has 0 atom stereocenters. The molecular formula is C20H19NO2. The molecule has 3 heteroatoms. The predicted molar refractivity (Wildman–Crippen MR) is 92.4 cm³/mol. The smallest absolute Gasteiger partial charge is 0.296 e. The third kappa shape index (κ3) is 2.82. The number of carbonyl (C=O) groups is 2. The summed E-state index contributed by atoms with van der Waals surface area (Å²) in [6.45, 7) is 5.88. The molecular weight excluding hydrogens is 286 g/mol. The van der Waals surface area contributed by atoms with Gasteiger partial charge in [-0.2, -0.15) is 0 Å². The third-order valence-corrected chi connectivity index (χ3v) is 4.20. The summed E-state index contributed by atoms with van der Waals surface area (Å²) >= 11 is 0. The van der Waals surface area contributed by atoms with Gasteiger partial charge in [0.05, 0.1) is 0 Å². The van der Waals surface area contributed by atoms with E-state index in [0.29, 0.717) is 12.0 Å². The number of fused-ring (bicyclic) bond motifs is 1. The van der Waals surface area contributed by atoms with Crippen molar-refractivity contribution in [3.63, 3.8) is 0 Å². The van der Waals surface area contributed by atoms with Crippen LogP contribution in [0.2, 0.25) is 0 Å². The van der Waals surface area contributed by atoms with Crippen LogP contribution in [0.25, 0.3) is 5.57 Å². The first-order valence-corrected chi connectivity index (χ1v) is 7.69. The van der Waals surface area contributed by atoms with Gasteiger partial charge in [-0.05, 0) is 49.4 Å². The van der Waals surface area contributed by atoms with Crippen LogP contribution in [0.3, 0.4) is 0 Å². The second-order valence-corrected chi connectivity index (χ2v) is 6.04. The number of hydrogen-bond acceptors (Lipinski definition) is 2. The van der Waals surface area contributed by atoms with Crippen molar-refractivity contribution < 1.29 is 9.59 Å². The first-order chi connectivity index (χ1) is 11.0. The summed E-state index contributed by atoms with van der Waals surface area (Å²) in [5.74, 6) is -1.06. The van der Waals surface area contributed by atoms with Crippen LogP contribution in [0.5, 0.6) is 0 Å². The quantitative estimate of drug-likeness (QED) is 0.878. The lowest BCUT2D eigenvalue weighted by atomic mass is 10.0. The molecule has 23 heavy (non-hydrogen) atoms. The number of aryl methyl sites for hydroxylation is 3. The molecule has 0 aromatic heterocycles. The molecule has 0 saturated carbocycles. The van der Waals surface area contributed by atoms with Crippen molar-refractivity contribution in [1.29, 1.82) is 0 Å². The van der Waals surface area contributed by atoms with Crippen LogP contribution in [0, 0.1) is 20.8 Å². The minimum absolute atomic E-state index is 0.477. The molecule has 0 aliphatic heterocycles. The van der Waals surface area contributed by atoms with E-state index in [1.54, 1.807) is 0 Å². The third-order valence-electron chi connectivity index (χ3n) is 4.20. The molecule has 0 heterocycles. The number of anilines is 1. The van der Waals surface area contributed by atoms with Gasteiger partial charge >= 0.3 is 0 Å². The molecule has 0 radical (unpaired) electrons. The van der Waals surface area contributed by atoms with Gasteiger partial charge in [0, 0.05) is 11.3 Å². The van der Waals surface area contributed by atoms with Crippen LogP contribution >= 0.6 is 0 Å². The van der Waals surface area contributed by atoms with E-state index in [1.165, 1.54) is 0 Å². The van der Waals surface area contributed by atoms with Gasteiger partial charge in [-0.3, -0.25) is 9.59 Å². The summed E-state index contributed by atoms with van der Waals surface area (Å²) in [5.41, 5.74) is 6.24. The Hall–Kier alpha value is -2.68. The molecule has 0 unspecified atom stereocenters. The Balaban J connectivity index is 1.84. The number of ketones is 1. The number of Topliss-reactive ketones (excluding diaryl/α,β-unsaturated/α-hetero) is 1.